The van der Waals surface area contributed by atoms with Gasteiger partial charge in [-0.15, -0.1) is 37.2 Å². The van der Waals surface area contributed by atoms with Gasteiger partial charge >= 0.3 is 5.97 Å². The largest absolute Gasteiger partial charge is 0.478 e. The van der Waals surface area contributed by atoms with Crippen molar-refractivity contribution in [1.82, 2.24) is 15.2 Å². The van der Waals surface area contributed by atoms with E-state index in [2.05, 4.69) is 44.4 Å². The van der Waals surface area contributed by atoms with Gasteiger partial charge in [0, 0.05) is 62.6 Å². The lowest BCUT2D eigenvalue weighted by Gasteiger charge is -2.36. The first-order valence-electron chi connectivity index (χ1n) is 12.2. The Morgan fingerprint density at radius 1 is 1.00 bits per heavy atom. The zero-order valence-electron chi connectivity index (χ0n) is 21.9. The van der Waals surface area contributed by atoms with Gasteiger partial charge in [0.15, 0.2) is 0 Å². The van der Waals surface area contributed by atoms with Gasteiger partial charge in [0.05, 0.1) is 0 Å². The van der Waals surface area contributed by atoms with E-state index in [1.165, 1.54) is 11.6 Å². The standard InChI is InChI=1S/C28H32ClFN4O2.3ClH/c1-19(2)22-10-11-32-27(26(22)28(35)36)34-14-12-33(13-15-34)18-21-8-6-20(7-9-21)16-31-17-23-24(29)4-3-5-25(23)30;;;/h3-11,19,31H,12-18H2,1-2H3,(H,35,36);3*1H. The van der Waals surface area contributed by atoms with Crippen LogP contribution in [0.15, 0.2) is 54.7 Å². The molecule has 0 atom stereocenters. The summed E-state index contributed by atoms with van der Waals surface area (Å²) in [6, 6.07) is 14.9. The van der Waals surface area contributed by atoms with E-state index >= 15 is 0 Å². The summed E-state index contributed by atoms with van der Waals surface area (Å²) in [4.78, 5) is 20.9. The van der Waals surface area contributed by atoms with Crippen LogP contribution >= 0.6 is 48.8 Å². The summed E-state index contributed by atoms with van der Waals surface area (Å²) in [6.07, 6.45) is 1.71. The molecule has 2 N–H and O–H groups in total. The van der Waals surface area contributed by atoms with E-state index in [9.17, 15) is 14.3 Å². The van der Waals surface area contributed by atoms with Gasteiger partial charge in [-0.1, -0.05) is 55.8 Å². The number of hydrogen-bond donors (Lipinski definition) is 2. The molecule has 1 fully saturated rings. The van der Waals surface area contributed by atoms with Gasteiger partial charge in [-0.3, -0.25) is 4.90 Å². The number of aromatic carboxylic acids is 1. The molecule has 1 aromatic heterocycles. The Kier molecular flexibility index (Phi) is 14.5. The topological polar surface area (TPSA) is 68.7 Å². The van der Waals surface area contributed by atoms with Crippen LogP contribution in [0.2, 0.25) is 5.02 Å². The number of pyridine rings is 1. The van der Waals surface area contributed by atoms with Gasteiger partial charge in [-0.05, 0) is 40.8 Å². The number of benzene rings is 2. The number of rotatable bonds is 9. The van der Waals surface area contributed by atoms with Crippen molar-refractivity contribution in [3.05, 3.63) is 93.4 Å². The molecule has 3 aromatic rings. The monoisotopic (exact) mass is 618 g/mol. The molecule has 214 valence electrons. The Morgan fingerprint density at radius 3 is 2.23 bits per heavy atom. The fourth-order valence-corrected chi connectivity index (χ4v) is 4.81. The maximum Gasteiger partial charge on any atom is 0.339 e. The average molecular weight is 620 g/mol. The SMILES string of the molecule is CC(C)c1ccnc(N2CCN(Cc3ccc(CNCc4c(F)cccc4Cl)cc3)CC2)c1C(=O)O.Cl.Cl.Cl. The highest BCUT2D eigenvalue weighted by atomic mass is 35.5. The maximum atomic E-state index is 13.9. The molecule has 2 aromatic carbocycles. The van der Waals surface area contributed by atoms with Gasteiger partial charge in [-0.25, -0.2) is 14.2 Å². The average Bonchev–Trinajstić information content (AvgIpc) is 2.86. The third-order valence-corrected chi connectivity index (χ3v) is 6.95. The number of carbonyl (C=O) groups is 1. The second kappa shape index (κ2) is 16.2. The lowest BCUT2D eigenvalue weighted by molar-refractivity contribution is 0.0695. The molecule has 4 rings (SSSR count). The third-order valence-electron chi connectivity index (χ3n) is 6.59. The smallest absolute Gasteiger partial charge is 0.339 e. The van der Waals surface area contributed by atoms with Crippen LogP contribution in [0.1, 0.15) is 52.4 Å². The minimum atomic E-state index is -0.921. The number of nitrogens with one attached hydrogen (secondary N) is 1. The number of carboxylic acids is 1. The zero-order valence-corrected chi connectivity index (χ0v) is 25.1. The quantitative estimate of drug-likeness (QED) is 0.282. The van der Waals surface area contributed by atoms with Crippen LogP contribution in [0, 0.1) is 5.82 Å². The van der Waals surface area contributed by atoms with Gasteiger partial charge in [0.2, 0.25) is 0 Å². The number of piperazine rings is 1. The van der Waals surface area contributed by atoms with Crippen molar-refractivity contribution >= 4 is 60.6 Å². The molecule has 0 aliphatic carbocycles. The van der Waals surface area contributed by atoms with Crippen LogP contribution in [0.4, 0.5) is 10.2 Å². The minimum Gasteiger partial charge on any atom is -0.478 e. The van der Waals surface area contributed by atoms with Crippen LogP contribution in [-0.4, -0.2) is 47.1 Å². The van der Waals surface area contributed by atoms with Crippen molar-refractivity contribution in [2.24, 2.45) is 0 Å². The number of aromatic nitrogens is 1. The van der Waals surface area contributed by atoms with E-state index in [0.29, 0.717) is 35.1 Å². The molecule has 1 aliphatic rings. The number of nitrogens with zero attached hydrogens (tertiary/aromatic N) is 3. The van der Waals surface area contributed by atoms with Crippen molar-refractivity contribution in [1.29, 1.82) is 0 Å². The predicted octanol–water partition coefficient (Wildman–Crippen LogP) is 6.57. The highest BCUT2D eigenvalue weighted by molar-refractivity contribution is 6.31. The summed E-state index contributed by atoms with van der Waals surface area (Å²) in [5.74, 6) is -0.527. The lowest BCUT2D eigenvalue weighted by atomic mass is 9.98. The van der Waals surface area contributed by atoms with Crippen LogP contribution < -0.4 is 10.2 Å². The van der Waals surface area contributed by atoms with Crippen LogP contribution in [0.3, 0.4) is 0 Å². The van der Waals surface area contributed by atoms with E-state index in [1.54, 1.807) is 18.3 Å². The lowest BCUT2D eigenvalue weighted by Crippen LogP contribution is -2.46. The summed E-state index contributed by atoms with van der Waals surface area (Å²) in [7, 11) is 0. The Labute approximate surface area is 253 Å². The first-order chi connectivity index (χ1) is 17.3. The highest BCUT2D eigenvalue weighted by Crippen LogP contribution is 2.28. The Bertz CT molecular complexity index is 1190. The number of anilines is 1. The highest BCUT2D eigenvalue weighted by Gasteiger charge is 2.25. The molecule has 39 heavy (non-hydrogen) atoms. The number of hydrogen-bond acceptors (Lipinski definition) is 5. The third kappa shape index (κ3) is 8.93. The first-order valence-corrected chi connectivity index (χ1v) is 12.6. The Morgan fingerprint density at radius 2 is 1.64 bits per heavy atom. The van der Waals surface area contributed by atoms with Gasteiger partial charge < -0.3 is 15.3 Å². The molecule has 1 saturated heterocycles. The minimum absolute atomic E-state index is 0. The van der Waals surface area contributed by atoms with Crippen LogP contribution in [0.25, 0.3) is 0 Å². The normalized spacial score (nSPS) is 13.3. The fourth-order valence-electron chi connectivity index (χ4n) is 4.58. The summed E-state index contributed by atoms with van der Waals surface area (Å²) >= 11 is 6.09. The molecule has 6 nitrogen and oxygen atoms in total. The predicted molar refractivity (Wildman–Crippen MR) is 163 cm³/mol. The van der Waals surface area contributed by atoms with Gasteiger partial charge in [-0.2, -0.15) is 0 Å². The molecule has 0 saturated carbocycles. The van der Waals surface area contributed by atoms with Crippen molar-refractivity contribution in [2.45, 2.75) is 39.4 Å². The Hall–Kier alpha value is -2.13. The molecule has 0 unspecified atom stereocenters. The molecular weight excluding hydrogens is 585 g/mol. The molecule has 11 heteroatoms. The zero-order chi connectivity index (χ0) is 25.7. The molecule has 0 amide bonds. The van der Waals surface area contributed by atoms with E-state index in [0.717, 1.165) is 43.9 Å². The molecule has 1 aliphatic heterocycles. The second-order valence-electron chi connectivity index (χ2n) is 9.44. The van der Waals surface area contributed by atoms with Gasteiger partial charge in [0.25, 0.3) is 0 Å². The first kappa shape index (κ1) is 34.9. The maximum absolute atomic E-state index is 13.9. The summed E-state index contributed by atoms with van der Waals surface area (Å²) < 4.78 is 13.9. The van der Waals surface area contributed by atoms with Crippen molar-refractivity contribution in [2.75, 3.05) is 31.1 Å². The van der Waals surface area contributed by atoms with Crippen molar-refractivity contribution < 1.29 is 14.3 Å². The summed E-state index contributed by atoms with van der Waals surface area (Å²) in [5.41, 5.74) is 3.96. The van der Waals surface area contributed by atoms with E-state index in [4.69, 9.17) is 11.6 Å². The second-order valence-corrected chi connectivity index (χ2v) is 9.85. The summed E-state index contributed by atoms with van der Waals surface area (Å²) in [6.45, 7) is 8.96. The van der Waals surface area contributed by atoms with Crippen LogP contribution in [-0.2, 0) is 19.6 Å². The van der Waals surface area contributed by atoms with Crippen molar-refractivity contribution in [3.8, 4) is 0 Å². The Balaban J connectivity index is 0.00000253. The van der Waals surface area contributed by atoms with Crippen molar-refractivity contribution in [3.63, 3.8) is 0 Å². The molecule has 2 heterocycles. The van der Waals surface area contributed by atoms with E-state index < -0.39 is 5.97 Å². The van der Waals surface area contributed by atoms with E-state index in [-0.39, 0.29) is 49.0 Å². The summed E-state index contributed by atoms with van der Waals surface area (Å²) in [5, 5.41) is 13.5. The molecule has 0 spiro atoms. The fraction of sp³-hybridized carbons (Fsp3) is 0.357. The van der Waals surface area contributed by atoms with Gasteiger partial charge in [0.1, 0.15) is 17.2 Å². The van der Waals surface area contributed by atoms with Crippen LogP contribution in [0.5, 0.6) is 0 Å². The number of halogens is 5. The molecule has 0 radical (unpaired) electrons. The molecular formula is C28H35Cl4FN4O2. The molecule has 0 bridgehead atoms. The van der Waals surface area contributed by atoms with E-state index in [1.807, 2.05) is 19.9 Å². The number of carboxylic acid groups (broad SMARTS) is 1.